The number of carbonyl (C=O) groups is 1. The van der Waals surface area contributed by atoms with E-state index in [-0.39, 0.29) is 5.91 Å². The molecule has 0 heterocycles. The fraction of sp³-hybridized carbons (Fsp3) is 0.947. The standard InChI is InChI=1S/C19H39NO/c1-15(2)9-7-8-10-17(5)12-13-18(6)20-19(21)14-11-16(3)4/h15-18H,7-14H2,1-6H3,(H,20,21). The third kappa shape index (κ3) is 14.2. The van der Waals surface area contributed by atoms with Crippen LogP contribution in [0.1, 0.15) is 92.9 Å². The molecule has 0 aromatic rings. The lowest BCUT2D eigenvalue weighted by atomic mass is 9.95. The minimum atomic E-state index is 0.223. The average Bonchev–Trinajstić information content (AvgIpc) is 2.39. The van der Waals surface area contributed by atoms with Crippen LogP contribution < -0.4 is 5.32 Å². The Hall–Kier alpha value is -0.530. The van der Waals surface area contributed by atoms with Crippen LogP contribution in [0.4, 0.5) is 0 Å². The lowest BCUT2D eigenvalue weighted by molar-refractivity contribution is -0.122. The Morgan fingerprint density at radius 3 is 1.90 bits per heavy atom. The van der Waals surface area contributed by atoms with Crippen LogP contribution in [-0.4, -0.2) is 11.9 Å². The van der Waals surface area contributed by atoms with E-state index in [0.717, 1.165) is 24.7 Å². The number of hydrogen-bond donors (Lipinski definition) is 1. The predicted octanol–water partition coefficient (Wildman–Crippen LogP) is 5.56. The molecule has 0 aliphatic carbocycles. The Kier molecular flexibility index (Phi) is 11.8. The maximum atomic E-state index is 11.8. The molecule has 0 aromatic heterocycles. The van der Waals surface area contributed by atoms with Gasteiger partial charge in [0.05, 0.1) is 0 Å². The summed E-state index contributed by atoms with van der Waals surface area (Å²) >= 11 is 0. The maximum Gasteiger partial charge on any atom is 0.220 e. The summed E-state index contributed by atoms with van der Waals surface area (Å²) in [6, 6.07) is 0.322. The van der Waals surface area contributed by atoms with Gasteiger partial charge >= 0.3 is 0 Å². The fourth-order valence-electron chi connectivity index (χ4n) is 2.56. The van der Waals surface area contributed by atoms with Gasteiger partial charge in [-0.3, -0.25) is 4.79 Å². The van der Waals surface area contributed by atoms with Crippen LogP contribution in [0.3, 0.4) is 0 Å². The van der Waals surface area contributed by atoms with E-state index in [1.54, 1.807) is 0 Å². The van der Waals surface area contributed by atoms with Crippen molar-refractivity contribution >= 4 is 5.91 Å². The molecule has 0 aliphatic heterocycles. The zero-order chi connectivity index (χ0) is 16.3. The van der Waals surface area contributed by atoms with Gasteiger partial charge in [-0.15, -0.1) is 0 Å². The van der Waals surface area contributed by atoms with E-state index in [1.807, 2.05) is 0 Å². The first-order valence-electron chi connectivity index (χ1n) is 9.10. The molecule has 126 valence electrons. The molecule has 1 N–H and O–H groups in total. The highest BCUT2D eigenvalue weighted by Crippen LogP contribution is 2.17. The summed E-state index contributed by atoms with van der Waals surface area (Å²) in [4.78, 5) is 11.8. The van der Waals surface area contributed by atoms with Gasteiger partial charge in [0.25, 0.3) is 0 Å². The molecule has 0 aromatic carbocycles. The van der Waals surface area contributed by atoms with Gasteiger partial charge in [0.2, 0.25) is 5.91 Å². The second-order valence-corrected chi connectivity index (χ2v) is 7.76. The van der Waals surface area contributed by atoms with E-state index in [4.69, 9.17) is 0 Å². The summed E-state index contributed by atoms with van der Waals surface area (Å²) in [5.41, 5.74) is 0. The molecule has 0 saturated carbocycles. The first-order valence-corrected chi connectivity index (χ1v) is 9.10. The molecule has 0 fully saturated rings. The SMILES string of the molecule is CC(C)CCCCC(C)CCC(C)NC(=O)CCC(C)C. The van der Waals surface area contributed by atoms with Gasteiger partial charge in [0.15, 0.2) is 0 Å². The smallest absolute Gasteiger partial charge is 0.220 e. The molecule has 0 bridgehead atoms. The second-order valence-electron chi connectivity index (χ2n) is 7.76. The van der Waals surface area contributed by atoms with Crippen molar-refractivity contribution < 1.29 is 4.79 Å². The number of amides is 1. The normalized spacial score (nSPS) is 14.5. The molecule has 2 heteroatoms. The van der Waals surface area contributed by atoms with Gasteiger partial charge in [-0.05, 0) is 43.9 Å². The average molecular weight is 298 g/mol. The largest absolute Gasteiger partial charge is 0.354 e. The third-order valence-electron chi connectivity index (χ3n) is 4.18. The van der Waals surface area contributed by atoms with Gasteiger partial charge in [-0.2, -0.15) is 0 Å². The number of rotatable bonds is 12. The van der Waals surface area contributed by atoms with E-state index in [9.17, 15) is 4.79 Å². The summed E-state index contributed by atoms with van der Waals surface area (Å²) in [6.45, 7) is 13.4. The molecule has 0 radical (unpaired) electrons. The maximum absolute atomic E-state index is 11.8. The molecule has 2 unspecified atom stereocenters. The van der Waals surface area contributed by atoms with Crippen LogP contribution in [0.2, 0.25) is 0 Å². The van der Waals surface area contributed by atoms with Crippen molar-refractivity contribution in [3.63, 3.8) is 0 Å². The minimum absolute atomic E-state index is 0.223. The van der Waals surface area contributed by atoms with Gasteiger partial charge in [-0.25, -0.2) is 0 Å². The number of hydrogen-bond acceptors (Lipinski definition) is 1. The van der Waals surface area contributed by atoms with E-state index < -0.39 is 0 Å². The highest BCUT2D eigenvalue weighted by atomic mass is 16.1. The van der Waals surface area contributed by atoms with Crippen molar-refractivity contribution in [1.29, 1.82) is 0 Å². The molecule has 21 heavy (non-hydrogen) atoms. The Balaban J connectivity index is 3.62. The van der Waals surface area contributed by atoms with E-state index in [1.165, 1.54) is 32.1 Å². The summed E-state index contributed by atoms with van der Waals surface area (Å²) in [7, 11) is 0. The van der Waals surface area contributed by atoms with Crippen LogP contribution in [0.5, 0.6) is 0 Å². The molecular weight excluding hydrogens is 258 g/mol. The molecule has 0 aliphatic rings. The number of nitrogens with one attached hydrogen (secondary N) is 1. The fourth-order valence-corrected chi connectivity index (χ4v) is 2.56. The predicted molar refractivity (Wildman–Crippen MR) is 93.4 cm³/mol. The molecule has 1 amide bonds. The molecule has 0 spiro atoms. The second kappa shape index (κ2) is 12.1. The van der Waals surface area contributed by atoms with Gasteiger partial charge in [0.1, 0.15) is 0 Å². The summed E-state index contributed by atoms with van der Waals surface area (Å²) in [5, 5.41) is 3.13. The quantitative estimate of drug-likeness (QED) is 0.469. The van der Waals surface area contributed by atoms with E-state index >= 15 is 0 Å². The molecule has 2 nitrogen and oxygen atoms in total. The highest BCUT2D eigenvalue weighted by Gasteiger charge is 2.10. The third-order valence-corrected chi connectivity index (χ3v) is 4.18. The Morgan fingerprint density at radius 1 is 0.762 bits per heavy atom. The molecular formula is C19H39NO. The van der Waals surface area contributed by atoms with Gasteiger partial charge < -0.3 is 5.32 Å². The van der Waals surface area contributed by atoms with Gasteiger partial charge in [-0.1, -0.05) is 60.3 Å². The van der Waals surface area contributed by atoms with Gasteiger partial charge in [0, 0.05) is 12.5 Å². The van der Waals surface area contributed by atoms with Crippen molar-refractivity contribution in [3.05, 3.63) is 0 Å². The van der Waals surface area contributed by atoms with Crippen molar-refractivity contribution in [3.8, 4) is 0 Å². The summed E-state index contributed by atoms with van der Waals surface area (Å²) < 4.78 is 0. The summed E-state index contributed by atoms with van der Waals surface area (Å²) in [5.74, 6) is 2.45. The van der Waals surface area contributed by atoms with E-state index in [0.29, 0.717) is 18.4 Å². The lowest BCUT2D eigenvalue weighted by Gasteiger charge is -2.17. The van der Waals surface area contributed by atoms with Crippen molar-refractivity contribution in [2.75, 3.05) is 0 Å². The first-order chi connectivity index (χ1) is 9.81. The first kappa shape index (κ1) is 20.5. The molecule has 0 saturated heterocycles. The van der Waals surface area contributed by atoms with Crippen molar-refractivity contribution in [2.45, 2.75) is 99.0 Å². The zero-order valence-electron chi connectivity index (χ0n) is 15.4. The highest BCUT2D eigenvalue weighted by molar-refractivity contribution is 5.76. The Morgan fingerprint density at radius 2 is 1.33 bits per heavy atom. The number of unbranched alkanes of at least 4 members (excludes halogenated alkanes) is 1. The van der Waals surface area contributed by atoms with Crippen LogP contribution in [0.15, 0.2) is 0 Å². The minimum Gasteiger partial charge on any atom is -0.354 e. The van der Waals surface area contributed by atoms with Crippen LogP contribution >= 0.6 is 0 Å². The van der Waals surface area contributed by atoms with Crippen LogP contribution in [0.25, 0.3) is 0 Å². The monoisotopic (exact) mass is 297 g/mol. The summed E-state index contributed by atoms with van der Waals surface area (Å²) in [6.07, 6.45) is 9.41. The van der Waals surface area contributed by atoms with E-state index in [2.05, 4.69) is 46.9 Å². The molecule has 2 atom stereocenters. The lowest BCUT2D eigenvalue weighted by Crippen LogP contribution is -2.32. The van der Waals surface area contributed by atoms with Crippen LogP contribution in [0, 0.1) is 17.8 Å². The topological polar surface area (TPSA) is 29.1 Å². The zero-order valence-corrected chi connectivity index (χ0v) is 15.4. The Bertz CT molecular complexity index is 260. The van der Waals surface area contributed by atoms with Crippen molar-refractivity contribution in [1.82, 2.24) is 5.32 Å². The Labute approximate surface area is 133 Å². The number of carbonyl (C=O) groups excluding carboxylic acids is 1. The van der Waals surface area contributed by atoms with Crippen molar-refractivity contribution in [2.24, 2.45) is 17.8 Å². The van der Waals surface area contributed by atoms with Crippen LogP contribution in [-0.2, 0) is 4.79 Å². The molecule has 0 rings (SSSR count).